The molecular formula is C13H16O4. The van der Waals surface area contributed by atoms with Crippen LogP contribution in [0.2, 0.25) is 0 Å². The molecule has 0 aliphatic carbocycles. The molecule has 1 aromatic carbocycles. The number of Topliss-reactive ketones (excluding diaryl/α,β-unsaturated/α-hetero) is 1. The Morgan fingerprint density at radius 1 is 1.29 bits per heavy atom. The Hall–Kier alpha value is -1.84. The van der Waals surface area contributed by atoms with Gasteiger partial charge >= 0.3 is 5.97 Å². The zero-order chi connectivity index (χ0) is 12.9. The minimum absolute atomic E-state index is 0.190. The summed E-state index contributed by atoms with van der Waals surface area (Å²) in [6.07, 6.45) is 0.787. The second-order valence-corrected chi connectivity index (χ2v) is 3.93. The molecule has 4 nitrogen and oxygen atoms in total. The van der Waals surface area contributed by atoms with Gasteiger partial charge in [0.2, 0.25) is 0 Å². The Morgan fingerprint density at radius 2 is 1.88 bits per heavy atom. The van der Waals surface area contributed by atoms with Crippen LogP contribution in [0.3, 0.4) is 0 Å². The summed E-state index contributed by atoms with van der Waals surface area (Å²) in [6.45, 7) is 3.11. The molecule has 1 aromatic rings. The number of benzene rings is 1. The Bertz CT molecular complexity index is 399. The van der Waals surface area contributed by atoms with Crippen LogP contribution in [-0.4, -0.2) is 22.5 Å². The van der Waals surface area contributed by atoms with Gasteiger partial charge in [-0.3, -0.25) is 4.79 Å². The van der Waals surface area contributed by atoms with E-state index in [-0.39, 0.29) is 6.42 Å². The second-order valence-electron chi connectivity index (χ2n) is 3.93. The van der Waals surface area contributed by atoms with Crippen LogP contribution < -0.4 is 4.74 Å². The van der Waals surface area contributed by atoms with E-state index < -0.39 is 17.4 Å². The van der Waals surface area contributed by atoms with E-state index in [1.807, 2.05) is 6.92 Å². The highest BCUT2D eigenvalue weighted by Gasteiger charge is 2.42. The van der Waals surface area contributed by atoms with Gasteiger partial charge in [-0.25, -0.2) is 4.79 Å². The first-order valence-electron chi connectivity index (χ1n) is 5.51. The lowest BCUT2D eigenvalue weighted by Crippen LogP contribution is -2.49. The molecule has 0 aliphatic heterocycles. The number of carbonyl (C=O) groups excluding carboxylic acids is 1. The fraction of sp³-hybridized carbons (Fsp3) is 0.385. The zero-order valence-corrected chi connectivity index (χ0v) is 9.97. The molecule has 0 saturated heterocycles. The highest BCUT2D eigenvalue weighted by Crippen LogP contribution is 2.21. The lowest BCUT2D eigenvalue weighted by Gasteiger charge is -2.24. The number of carbonyl (C=O) groups is 2. The summed E-state index contributed by atoms with van der Waals surface area (Å²) >= 11 is 0. The van der Waals surface area contributed by atoms with Crippen molar-refractivity contribution in [3.8, 4) is 5.75 Å². The van der Waals surface area contributed by atoms with E-state index in [0.29, 0.717) is 12.2 Å². The fourth-order valence-corrected chi connectivity index (χ4v) is 1.41. The van der Waals surface area contributed by atoms with E-state index in [9.17, 15) is 9.59 Å². The maximum atomic E-state index is 11.8. The Morgan fingerprint density at radius 3 is 2.35 bits per heavy atom. The molecule has 0 saturated carbocycles. The van der Waals surface area contributed by atoms with Crippen molar-refractivity contribution in [3.63, 3.8) is 0 Å². The number of para-hydroxylation sites is 1. The molecule has 0 heterocycles. The topological polar surface area (TPSA) is 63.6 Å². The zero-order valence-electron chi connectivity index (χ0n) is 9.97. The van der Waals surface area contributed by atoms with Crippen LogP contribution in [0, 0.1) is 0 Å². The summed E-state index contributed by atoms with van der Waals surface area (Å²) in [7, 11) is 0. The quantitative estimate of drug-likeness (QED) is 0.769. The molecule has 0 spiro atoms. The van der Waals surface area contributed by atoms with Crippen molar-refractivity contribution in [2.24, 2.45) is 0 Å². The van der Waals surface area contributed by atoms with E-state index in [2.05, 4.69) is 0 Å². The molecule has 1 unspecified atom stereocenters. The molecule has 92 valence electrons. The van der Waals surface area contributed by atoms with Crippen molar-refractivity contribution in [1.82, 2.24) is 0 Å². The van der Waals surface area contributed by atoms with Gasteiger partial charge in [0.25, 0.3) is 5.60 Å². The first-order chi connectivity index (χ1) is 8.00. The molecule has 0 amide bonds. The van der Waals surface area contributed by atoms with Crippen molar-refractivity contribution >= 4 is 11.8 Å². The number of carboxylic acid groups (broad SMARTS) is 1. The minimum Gasteiger partial charge on any atom is -0.478 e. The summed E-state index contributed by atoms with van der Waals surface area (Å²) in [5, 5.41) is 9.15. The van der Waals surface area contributed by atoms with E-state index in [4.69, 9.17) is 9.84 Å². The third kappa shape index (κ3) is 3.06. The van der Waals surface area contributed by atoms with Crippen LogP contribution in [-0.2, 0) is 9.59 Å². The van der Waals surface area contributed by atoms with E-state index >= 15 is 0 Å². The SMILES string of the molecule is CCCC(=O)C(C)(Oc1ccccc1)C(=O)O. The first kappa shape index (κ1) is 13.2. The summed E-state index contributed by atoms with van der Waals surface area (Å²) in [4.78, 5) is 23.0. The number of aliphatic carboxylic acids is 1. The Kier molecular flexibility index (Phi) is 4.26. The lowest BCUT2D eigenvalue weighted by molar-refractivity contribution is -0.160. The lowest BCUT2D eigenvalue weighted by atomic mass is 9.97. The predicted molar refractivity (Wildman–Crippen MR) is 63.0 cm³/mol. The summed E-state index contributed by atoms with van der Waals surface area (Å²) in [5.74, 6) is -1.31. The van der Waals surface area contributed by atoms with Gasteiger partial charge < -0.3 is 9.84 Å². The molecule has 0 fully saturated rings. The molecule has 4 heteroatoms. The van der Waals surface area contributed by atoms with Crippen LogP contribution in [0.4, 0.5) is 0 Å². The van der Waals surface area contributed by atoms with Gasteiger partial charge in [0.15, 0.2) is 5.78 Å². The van der Waals surface area contributed by atoms with Gasteiger partial charge in [-0.05, 0) is 25.5 Å². The van der Waals surface area contributed by atoms with Crippen LogP contribution in [0.5, 0.6) is 5.75 Å². The number of ketones is 1. The average Bonchev–Trinajstić information content (AvgIpc) is 2.30. The molecule has 0 aliphatic rings. The van der Waals surface area contributed by atoms with Crippen molar-refractivity contribution in [2.45, 2.75) is 32.3 Å². The van der Waals surface area contributed by atoms with Gasteiger partial charge in [-0.15, -0.1) is 0 Å². The molecular weight excluding hydrogens is 220 g/mol. The van der Waals surface area contributed by atoms with Crippen LogP contribution in [0.15, 0.2) is 30.3 Å². The van der Waals surface area contributed by atoms with Crippen molar-refractivity contribution in [3.05, 3.63) is 30.3 Å². The van der Waals surface area contributed by atoms with Crippen LogP contribution >= 0.6 is 0 Å². The highest BCUT2D eigenvalue weighted by atomic mass is 16.5. The van der Waals surface area contributed by atoms with Gasteiger partial charge in [0, 0.05) is 6.42 Å². The second kappa shape index (κ2) is 5.48. The number of rotatable bonds is 6. The third-order valence-corrected chi connectivity index (χ3v) is 2.48. The fourth-order valence-electron chi connectivity index (χ4n) is 1.41. The van der Waals surface area contributed by atoms with E-state index in [1.165, 1.54) is 6.92 Å². The average molecular weight is 236 g/mol. The normalized spacial score (nSPS) is 13.8. The predicted octanol–water partition coefficient (Wildman–Crippen LogP) is 2.28. The molecule has 1 rings (SSSR count). The number of ether oxygens (including phenoxy) is 1. The molecule has 17 heavy (non-hydrogen) atoms. The van der Waals surface area contributed by atoms with Crippen molar-refractivity contribution in [2.75, 3.05) is 0 Å². The first-order valence-corrected chi connectivity index (χ1v) is 5.51. The molecule has 1 atom stereocenters. The van der Waals surface area contributed by atoms with Crippen LogP contribution in [0.25, 0.3) is 0 Å². The summed E-state index contributed by atoms with van der Waals surface area (Å²) in [6, 6.07) is 8.49. The number of hydrogen-bond acceptors (Lipinski definition) is 3. The maximum Gasteiger partial charge on any atom is 0.355 e. The van der Waals surface area contributed by atoms with Crippen molar-refractivity contribution < 1.29 is 19.4 Å². The maximum absolute atomic E-state index is 11.8. The Labute approximate surface area is 100 Å². The molecule has 0 aromatic heterocycles. The smallest absolute Gasteiger partial charge is 0.355 e. The van der Waals surface area contributed by atoms with Gasteiger partial charge in [0.1, 0.15) is 5.75 Å². The number of hydrogen-bond donors (Lipinski definition) is 1. The third-order valence-electron chi connectivity index (χ3n) is 2.48. The molecule has 0 radical (unpaired) electrons. The monoisotopic (exact) mass is 236 g/mol. The molecule has 1 N–H and O–H groups in total. The van der Waals surface area contributed by atoms with Gasteiger partial charge in [0.05, 0.1) is 0 Å². The molecule has 0 bridgehead atoms. The number of carboxylic acids is 1. The van der Waals surface area contributed by atoms with Gasteiger partial charge in [-0.2, -0.15) is 0 Å². The van der Waals surface area contributed by atoms with E-state index in [0.717, 1.165) is 0 Å². The van der Waals surface area contributed by atoms with Gasteiger partial charge in [-0.1, -0.05) is 25.1 Å². The standard InChI is InChI=1S/C13H16O4/c1-3-7-11(14)13(2,12(15)16)17-10-8-5-4-6-9-10/h4-6,8-9H,3,7H2,1-2H3,(H,15,16). The summed E-state index contributed by atoms with van der Waals surface area (Å²) in [5.41, 5.74) is -1.81. The van der Waals surface area contributed by atoms with Crippen LogP contribution in [0.1, 0.15) is 26.7 Å². The van der Waals surface area contributed by atoms with E-state index in [1.54, 1.807) is 30.3 Å². The van der Waals surface area contributed by atoms with Crippen molar-refractivity contribution in [1.29, 1.82) is 0 Å². The summed E-state index contributed by atoms with van der Waals surface area (Å²) < 4.78 is 5.33. The minimum atomic E-state index is -1.81. The Balaban J connectivity index is 2.93. The highest BCUT2D eigenvalue weighted by molar-refractivity contribution is 6.06. The largest absolute Gasteiger partial charge is 0.478 e.